The second-order valence-corrected chi connectivity index (χ2v) is 7.49. The lowest BCUT2D eigenvalue weighted by atomic mass is 9.95. The van der Waals surface area contributed by atoms with Crippen molar-refractivity contribution in [3.63, 3.8) is 0 Å². The lowest BCUT2D eigenvalue weighted by Gasteiger charge is -2.34. The Morgan fingerprint density at radius 2 is 1.92 bits per heavy atom. The number of piperidine rings is 2. The molecular formula is C20H32N4O. The minimum Gasteiger partial charge on any atom is -0.371 e. The summed E-state index contributed by atoms with van der Waals surface area (Å²) in [6, 6.07) is 4.80. The molecule has 1 atom stereocenters. The van der Waals surface area contributed by atoms with Crippen molar-refractivity contribution in [3.05, 3.63) is 24.5 Å². The highest BCUT2D eigenvalue weighted by Crippen LogP contribution is 2.22. The largest absolute Gasteiger partial charge is 0.371 e. The van der Waals surface area contributed by atoms with Crippen molar-refractivity contribution >= 4 is 11.6 Å². The summed E-state index contributed by atoms with van der Waals surface area (Å²) in [7, 11) is 0. The number of hydrogen-bond donors (Lipinski definition) is 1. The number of carbonyl (C=O) groups excluding carboxylic acids is 1. The Morgan fingerprint density at radius 3 is 2.64 bits per heavy atom. The smallest absolute Gasteiger partial charge is 0.223 e. The second-order valence-electron chi connectivity index (χ2n) is 7.49. The number of pyridine rings is 1. The zero-order chi connectivity index (χ0) is 17.5. The lowest BCUT2D eigenvalue weighted by molar-refractivity contribution is -0.125. The summed E-state index contributed by atoms with van der Waals surface area (Å²) >= 11 is 0. The predicted molar refractivity (Wildman–Crippen MR) is 102 cm³/mol. The van der Waals surface area contributed by atoms with Crippen molar-refractivity contribution in [1.82, 2.24) is 15.2 Å². The quantitative estimate of drug-likeness (QED) is 0.806. The Bertz CT molecular complexity index is 528. The molecule has 1 aromatic rings. The van der Waals surface area contributed by atoms with Gasteiger partial charge in [0.1, 0.15) is 0 Å². The second kappa shape index (κ2) is 9.18. The van der Waals surface area contributed by atoms with Gasteiger partial charge in [-0.2, -0.15) is 0 Å². The number of anilines is 1. The maximum Gasteiger partial charge on any atom is 0.223 e. The molecule has 0 aromatic carbocycles. The van der Waals surface area contributed by atoms with E-state index < -0.39 is 0 Å². The molecule has 0 radical (unpaired) electrons. The molecule has 1 amide bonds. The number of nitrogens with one attached hydrogen (secondary N) is 1. The van der Waals surface area contributed by atoms with Crippen LogP contribution < -0.4 is 10.2 Å². The van der Waals surface area contributed by atoms with Crippen LogP contribution in [-0.2, 0) is 4.79 Å². The minimum absolute atomic E-state index is 0.173. The van der Waals surface area contributed by atoms with E-state index in [9.17, 15) is 4.79 Å². The van der Waals surface area contributed by atoms with Crippen LogP contribution in [0.5, 0.6) is 0 Å². The Hall–Kier alpha value is -1.62. The van der Waals surface area contributed by atoms with Crippen LogP contribution >= 0.6 is 0 Å². The van der Waals surface area contributed by atoms with Gasteiger partial charge in [0, 0.05) is 56.2 Å². The van der Waals surface area contributed by atoms with Gasteiger partial charge in [0.25, 0.3) is 0 Å². The molecule has 2 aliphatic heterocycles. The Kier molecular flexibility index (Phi) is 6.68. The number of likely N-dealkylation sites (tertiary alicyclic amines) is 1. The van der Waals surface area contributed by atoms with E-state index in [2.05, 4.69) is 27.0 Å². The Morgan fingerprint density at radius 1 is 1.16 bits per heavy atom. The molecule has 0 spiro atoms. The van der Waals surface area contributed by atoms with Gasteiger partial charge < -0.3 is 15.1 Å². The highest BCUT2D eigenvalue weighted by atomic mass is 16.1. The maximum atomic E-state index is 12.4. The lowest BCUT2D eigenvalue weighted by Crippen LogP contribution is -2.42. The van der Waals surface area contributed by atoms with Crippen LogP contribution in [0.15, 0.2) is 24.5 Å². The number of aromatic nitrogens is 1. The topological polar surface area (TPSA) is 48.5 Å². The number of nitrogens with zero attached hydrogens (tertiary/aromatic N) is 3. The van der Waals surface area contributed by atoms with E-state index in [1.807, 2.05) is 24.5 Å². The third-order valence-corrected chi connectivity index (χ3v) is 5.76. The van der Waals surface area contributed by atoms with Gasteiger partial charge in [0.15, 0.2) is 0 Å². The Balaban J connectivity index is 1.33. The summed E-state index contributed by atoms with van der Waals surface area (Å²) in [6.45, 7) is 7.38. The van der Waals surface area contributed by atoms with Gasteiger partial charge in [-0.15, -0.1) is 0 Å². The van der Waals surface area contributed by atoms with Gasteiger partial charge in [-0.05, 0) is 57.7 Å². The molecule has 3 heterocycles. The molecule has 25 heavy (non-hydrogen) atoms. The van der Waals surface area contributed by atoms with E-state index in [-0.39, 0.29) is 11.8 Å². The monoisotopic (exact) mass is 344 g/mol. The van der Waals surface area contributed by atoms with Gasteiger partial charge in [0.05, 0.1) is 0 Å². The van der Waals surface area contributed by atoms with E-state index in [0.29, 0.717) is 6.04 Å². The zero-order valence-corrected chi connectivity index (χ0v) is 15.5. The van der Waals surface area contributed by atoms with Crippen molar-refractivity contribution in [2.45, 2.75) is 51.5 Å². The molecule has 2 fully saturated rings. The van der Waals surface area contributed by atoms with Crippen molar-refractivity contribution < 1.29 is 4.79 Å². The summed E-state index contributed by atoms with van der Waals surface area (Å²) in [5.41, 5.74) is 1.21. The fourth-order valence-electron chi connectivity index (χ4n) is 4.08. The van der Waals surface area contributed by atoms with Crippen molar-refractivity contribution in [3.8, 4) is 0 Å². The highest BCUT2D eigenvalue weighted by Gasteiger charge is 2.25. The molecule has 5 heteroatoms. The molecule has 1 aromatic heterocycles. The Labute approximate surface area is 151 Å². The van der Waals surface area contributed by atoms with Gasteiger partial charge in [-0.3, -0.25) is 9.78 Å². The first-order chi connectivity index (χ1) is 12.2. The summed E-state index contributed by atoms with van der Waals surface area (Å²) in [6.07, 6.45) is 10.6. The van der Waals surface area contributed by atoms with E-state index in [0.717, 1.165) is 45.4 Å². The first kappa shape index (κ1) is 18.2. The van der Waals surface area contributed by atoms with Crippen LogP contribution in [-0.4, -0.2) is 54.6 Å². The van der Waals surface area contributed by atoms with Crippen LogP contribution in [0.25, 0.3) is 0 Å². The molecule has 138 valence electrons. The van der Waals surface area contributed by atoms with Gasteiger partial charge >= 0.3 is 0 Å². The summed E-state index contributed by atoms with van der Waals surface area (Å²) in [5, 5.41) is 3.17. The normalized spacial score (nSPS) is 22.8. The standard InChI is InChI=1S/C20H32N4O/c1-17-5-2-3-13-23(17)14-4-10-22-20(25)18-8-15-24(16-9-18)19-6-11-21-12-7-19/h6-7,11-12,17-18H,2-5,8-10,13-16H2,1H3,(H,22,25). The highest BCUT2D eigenvalue weighted by molar-refractivity contribution is 5.78. The molecular weight excluding hydrogens is 312 g/mol. The molecule has 3 rings (SSSR count). The van der Waals surface area contributed by atoms with Crippen molar-refractivity contribution in [1.29, 1.82) is 0 Å². The molecule has 1 unspecified atom stereocenters. The maximum absolute atomic E-state index is 12.4. The van der Waals surface area contributed by atoms with Gasteiger partial charge in [-0.25, -0.2) is 0 Å². The third kappa shape index (κ3) is 5.18. The molecule has 0 bridgehead atoms. The van der Waals surface area contributed by atoms with E-state index in [1.54, 1.807) is 0 Å². The summed E-state index contributed by atoms with van der Waals surface area (Å²) < 4.78 is 0. The van der Waals surface area contributed by atoms with Crippen LogP contribution in [0.1, 0.15) is 45.4 Å². The number of amides is 1. The predicted octanol–water partition coefficient (Wildman–Crippen LogP) is 2.68. The molecule has 5 nitrogen and oxygen atoms in total. The minimum atomic E-state index is 0.173. The van der Waals surface area contributed by atoms with Crippen molar-refractivity contribution in [2.75, 3.05) is 37.6 Å². The van der Waals surface area contributed by atoms with Gasteiger partial charge in [-0.1, -0.05) is 6.42 Å². The SMILES string of the molecule is CC1CCCCN1CCCNC(=O)C1CCN(c2ccncc2)CC1. The molecule has 1 N–H and O–H groups in total. The van der Waals surface area contributed by atoms with Crippen LogP contribution in [0.3, 0.4) is 0 Å². The van der Waals surface area contributed by atoms with E-state index >= 15 is 0 Å². The fourth-order valence-corrected chi connectivity index (χ4v) is 4.08. The summed E-state index contributed by atoms with van der Waals surface area (Å²) in [4.78, 5) is 21.4. The number of rotatable bonds is 6. The van der Waals surface area contributed by atoms with Crippen LogP contribution in [0.2, 0.25) is 0 Å². The van der Waals surface area contributed by atoms with Gasteiger partial charge in [0.2, 0.25) is 5.91 Å². The molecule has 2 saturated heterocycles. The molecule has 0 saturated carbocycles. The number of hydrogen-bond acceptors (Lipinski definition) is 4. The number of carbonyl (C=O) groups is 1. The average Bonchev–Trinajstić information content (AvgIpc) is 2.67. The van der Waals surface area contributed by atoms with Crippen LogP contribution in [0.4, 0.5) is 5.69 Å². The summed E-state index contributed by atoms with van der Waals surface area (Å²) in [5.74, 6) is 0.424. The average molecular weight is 345 g/mol. The van der Waals surface area contributed by atoms with Crippen LogP contribution in [0, 0.1) is 5.92 Å². The molecule has 2 aliphatic rings. The van der Waals surface area contributed by atoms with Crippen molar-refractivity contribution in [2.24, 2.45) is 5.92 Å². The fraction of sp³-hybridized carbons (Fsp3) is 0.700. The zero-order valence-electron chi connectivity index (χ0n) is 15.5. The first-order valence-corrected chi connectivity index (χ1v) is 9.91. The first-order valence-electron chi connectivity index (χ1n) is 9.91. The van der Waals surface area contributed by atoms with E-state index in [1.165, 1.54) is 31.5 Å². The van der Waals surface area contributed by atoms with E-state index in [4.69, 9.17) is 0 Å². The molecule has 0 aliphatic carbocycles. The third-order valence-electron chi connectivity index (χ3n) is 5.76.